The molecule has 1 saturated carbocycles. The third kappa shape index (κ3) is 2.76. The molecule has 98 valence electrons. The molecule has 3 heteroatoms. The number of benzene rings is 1. The summed E-state index contributed by atoms with van der Waals surface area (Å²) in [6, 6.07) is 12.4. The summed E-state index contributed by atoms with van der Waals surface area (Å²) in [7, 11) is 0. The van der Waals surface area contributed by atoms with Crippen molar-refractivity contribution in [3.8, 4) is 16.9 Å². The summed E-state index contributed by atoms with van der Waals surface area (Å²) in [4.78, 5) is 4.03. The summed E-state index contributed by atoms with van der Waals surface area (Å²) < 4.78 is 5.94. The summed E-state index contributed by atoms with van der Waals surface area (Å²) in [6.45, 7) is 0. The van der Waals surface area contributed by atoms with Crippen LogP contribution in [0.5, 0.6) is 5.75 Å². The third-order valence-electron chi connectivity index (χ3n) is 3.66. The maximum absolute atomic E-state index is 6.02. The largest absolute Gasteiger partial charge is 0.489 e. The third-order valence-corrected chi connectivity index (χ3v) is 3.66. The molecular formula is C16H18N2O. The van der Waals surface area contributed by atoms with Gasteiger partial charge in [-0.2, -0.15) is 0 Å². The van der Waals surface area contributed by atoms with E-state index < -0.39 is 0 Å². The van der Waals surface area contributed by atoms with Crippen LogP contribution in [0.25, 0.3) is 11.1 Å². The van der Waals surface area contributed by atoms with Crippen molar-refractivity contribution in [3.05, 3.63) is 48.8 Å². The maximum atomic E-state index is 6.02. The first-order valence-corrected chi connectivity index (χ1v) is 6.75. The van der Waals surface area contributed by atoms with Crippen LogP contribution in [0.2, 0.25) is 0 Å². The molecule has 19 heavy (non-hydrogen) atoms. The summed E-state index contributed by atoms with van der Waals surface area (Å²) in [5, 5.41) is 0. The highest BCUT2D eigenvalue weighted by Gasteiger charge is 2.25. The van der Waals surface area contributed by atoms with E-state index in [2.05, 4.69) is 17.1 Å². The fraction of sp³-hybridized carbons (Fsp3) is 0.312. The van der Waals surface area contributed by atoms with Gasteiger partial charge in [-0.3, -0.25) is 4.98 Å². The Kier molecular flexibility index (Phi) is 3.47. The highest BCUT2D eigenvalue weighted by atomic mass is 16.5. The highest BCUT2D eigenvalue weighted by Crippen LogP contribution is 2.26. The molecule has 0 aliphatic heterocycles. The van der Waals surface area contributed by atoms with Crippen LogP contribution in [0.1, 0.15) is 19.3 Å². The summed E-state index contributed by atoms with van der Waals surface area (Å²) in [6.07, 6.45) is 7.08. The molecule has 3 nitrogen and oxygen atoms in total. The SMILES string of the molecule is NC1CCCC1Oc1ccc(-c2ccncc2)cc1. The van der Waals surface area contributed by atoms with Crippen molar-refractivity contribution in [1.82, 2.24) is 4.98 Å². The van der Waals surface area contributed by atoms with Crippen molar-refractivity contribution in [2.45, 2.75) is 31.4 Å². The minimum absolute atomic E-state index is 0.173. The van der Waals surface area contributed by atoms with Gasteiger partial charge in [-0.15, -0.1) is 0 Å². The predicted molar refractivity (Wildman–Crippen MR) is 75.9 cm³/mol. The molecular weight excluding hydrogens is 236 g/mol. The van der Waals surface area contributed by atoms with Gasteiger partial charge >= 0.3 is 0 Å². The van der Waals surface area contributed by atoms with E-state index >= 15 is 0 Å². The Bertz CT molecular complexity index is 524. The lowest BCUT2D eigenvalue weighted by Crippen LogP contribution is -2.33. The van der Waals surface area contributed by atoms with Crippen LogP contribution in [-0.4, -0.2) is 17.1 Å². The predicted octanol–water partition coefficient (Wildman–Crippen LogP) is 3.01. The molecule has 2 N–H and O–H groups in total. The fourth-order valence-corrected chi connectivity index (χ4v) is 2.55. The normalized spacial score (nSPS) is 22.4. The van der Waals surface area contributed by atoms with Crippen LogP contribution < -0.4 is 10.5 Å². The van der Waals surface area contributed by atoms with E-state index in [-0.39, 0.29) is 12.1 Å². The van der Waals surface area contributed by atoms with Gasteiger partial charge in [-0.1, -0.05) is 12.1 Å². The van der Waals surface area contributed by atoms with Gasteiger partial charge in [-0.05, 0) is 54.7 Å². The zero-order valence-corrected chi connectivity index (χ0v) is 10.8. The number of hydrogen-bond acceptors (Lipinski definition) is 3. The topological polar surface area (TPSA) is 48.1 Å². The molecule has 0 saturated heterocycles. The molecule has 0 bridgehead atoms. The van der Waals surface area contributed by atoms with E-state index in [0.29, 0.717) is 0 Å². The van der Waals surface area contributed by atoms with Crippen LogP contribution in [-0.2, 0) is 0 Å². The Labute approximate surface area is 113 Å². The van der Waals surface area contributed by atoms with Crippen LogP contribution in [0.3, 0.4) is 0 Å². The second-order valence-corrected chi connectivity index (χ2v) is 5.01. The molecule has 0 amide bonds. The lowest BCUT2D eigenvalue weighted by Gasteiger charge is -2.18. The van der Waals surface area contributed by atoms with Crippen LogP contribution in [0.15, 0.2) is 48.8 Å². The number of hydrogen-bond donors (Lipinski definition) is 1. The zero-order chi connectivity index (χ0) is 13.1. The minimum Gasteiger partial charge on any atom is -0.489 e. The first kappa shape index (κ1) is 12.2. The Morgan fingerprint density at radius 2 is 1.63 bits per heavy atom. The molecule has 1 fully saturated rings. The molecule has 2 atom stereocenters. The average Bonchev–Trinajstić information content (AvgIpc) is 2.86. The molecule has 2 aromatic rings. The number of nitrogens with zero attached hydrogens (tertiary/aromatic N) is 1. The van der Waals surface area contributed by atoms with Gasteiger partial charge in [0.1, 0.15) is 11.9 Å². The smallest absolute Gasteiger partial charge is 0.119 e. The van der Waals surface area contributed by atoms with Crippen molar-refractivity contribution >= 4 is 0 Å². The highest BCUT2D eigenvalue weighted by molar-refractivity contribution is 5.63. The Balaban J connectivity index is 1.72. The van der Waals surface area contributed by atoms with Gasteiger partial charge in [0, 0.05) is 18.4 Å². The fourth-order valence-electron chi connectivity index (χ4n) is 2.55. The molecule has 2 unspecified atom stereocenters. The van der Waals surface area contributed by atoms with Gasteiger partial charge in [0.05, 0.1) is 0 Å². The standard InChI is InChI=1S/C16H18N2O/c17-15-2-1-3-16(15)19-14-6-4-12(5-7-14)13-8-10-18-11-9-13/h4-11,15-16H,1-3,17H2. The van der Waals surface area contributed by atoms with Crippen molar-refractivity contribution in [1.29, 1.82) is 0 Å². The Morgan fingerprint density at radius 3 is 2.26 bits per heavy atom. The van der Waals surface area contributed by atoms with Gasteiger partial charge < -0.3 is 10.5 Å². The van der Waals surface area contributed by atoms with Crippen molar-refractivity contribution < 1.29 is 4.74 Å². The second-order valence-electron chi connectivity index (χ2n) is 5.01. The molecule has 3 rings (SSSR count). The molecule has 1 aromatic heterocycles. The van der Waals surface area contributed by atoms with Crippen molar-refractivity contribution in [3.63, 3.8) is 0 Å². The maximum Gasteiger partial charge on any atom is 0.119 e. The van der Waals surface area contributed by atoms with Gasteiger partial charge in [0.2, 0.25) is 0 Å². The molecule has 0 radical (unpaired) electrons. The number of nitrogens with two attached hydrogens (primary N) is 1. The molecule has 1 heterocycles. The van der Waals surface area contributed by atoms with E-state index in [1.165, 1.54) is 17.5 Å². The van der Waals surface area contributed by atoms with E-state index in [4.69, 9.17) is 10.5 Å². The molecule has 1 aliphatic rings. The average molecular weight is 254 g/mol. The second kappa shape index (κ2) is 5.41. The van der Waals surface area contributed by atoms with E-state index in [0.717, 1.165) is 18.6 Å². The van der Waals surface area contributed by atoms with Crippen LogP contribution in [0.4, 0.5) is 0 Å². The van der Waals surface area contributed by atoms with Gasteiger partial charge in [0.15, 0.2) is 0 Å². The Morgan fingerprint density at radius 1 is 0.947 bits per heavy atom. The van der Waals surface area contributed by atoms with Gasteiger partial charge in [-0.25, -0.2) is 0 Å². The van der Waals surface area contributed by atoms with Crippen molar-refractivity contribution in [2.75, 3.05) is 0 Å². The summed E-state index contributed by atoms with van der Waals surface area (Å²) in [5.41, 5.74) is 8.35. The monoisotopic (exact) mass is 254 g/mol. The molecule has 0 spiro atoms. The lowest BCUT2D eigenvalue weighted by atomic mass is 10.1. The number of ether oxygens (including phenoxy) is 1. The summed E-state index contributed by atoms with van der Waals surface area (Å²) in [5.74, 6) is 0.903. The Hall–Kier alpha value is -1.87. The quantitative estimate of drug-likeness (QED) is 0.916. The molecule has 1 aliphatic carbocycles. The first-order chi connectivity index (χ1) is 9.33. The van der Waals surface area contributed by atoms with Crippen molar-refractivity contribution in [2.24, 2.45) is 5.73 Å². The molecule has 1 aromatic carbocycles. The number of pyridine rings is 1. The van der Waals surface area contributed by atoms with Gasteiger partial charge in [0.25, 0.3) is 0 Å². The zero-order valence-electron chi connectivity index (χ0n) is 10.8. The lowest BCUT2D eigenvalue weighted by molar-refractivity contribution is 0.192. The van der Waals surface area contributed by atoms with Crippen LogP contribution >= 0.6 is 0 Å². The van der Waals surface area contributed by atoms with E-state index in [1.54, 1.807) is 12.4 Å². The summed E-state index contributed by atoms with van der Waals surface area (Å²) >= 11 is 0. The number of aromatic nitrogens is 1. The van der Waals surface area contributed by atoms with E-state index in [9.17, 15) is 0 Å². The first-order valence-electron chi connectivity index (χ1n) is 6.75. The van der Waals surface area contributed by atoms with E-state index in [1.807, 2.05) is 24.3 Å². The minimum atomic E-state index is 0.173. The number of rotatable bonds is 3. The van der Waals surface area contributed by atoms with Crippen LogP contribution in [0, 0.1) is 0 Å².